The van der Waals surface area contributed by atoms with E-state index in [1.54, 1.807) is 24.3 Å². The third kappa shape index (κ3) is 2.61. The first-order chi connectivity index (χ1) is 9.15. The molecular formula is C15H12N2O2. The number of rotatable bonds is 2. The first-order valence-corrected chi connectivity index (χ1v) is 5.72. The number of hydrogen-bond donors (Lipinski definition) is 0. The van der Waals surface area contributed by atoms with Crippen molar-refractivity contribution in [1.82, 2.24) is 4.98 Å². The van der Waals surface area contributed by atoms with Gasteiger partial charge in [0.2, 0.25) is 0 Å². The molecule has 0 saturated heterocycles. The number of benzene rings is 1. The molecule has 0 bridgehead atoms. The number of aryl methyl sites for hydroxylation is 1. The van der Waals surface area contributed by atoms with Crippen LogP contribution in [0.3, 0.4) is 0 Å². The summed E-state index contributed by atoms with van der Waals surface area (Å²) in [5.41, 5.74) is 2.95. The second kappa shape index (κ2) is 5.32. The molecule has 0 unspecified atom stereocenters. The van der Waals surface area contributed by atoms with Crippen molar-refractivity contribution < 1.29 is 9.53 Å². The van der Waals surface area contributed by atoms with Gasteiger partial charge in [0, 0.05) is 5.56 Å². The zero-order chi connectivity index (χ0) is 13.8. The lowest BCUT2D eigenvalue weighted by atomic mass is 10.0. The van der Waals surface area contributed by atoms with E-state index in [4.69, 9.17) is 5.26 Å². The van der Waals surface area contributed by atoms with Crippen LogP contribution in [0.15, 0.2) is 36.4 Å². The van der Waals surface area contributed by atoms with Gasteiger partial charge in [-0.25, -0.2) is 9.78 Å². The molecule has 2 rings (SSSR count). The molecule has 0 saturated carbocycles. The van der Waals surface area contributed by atoms with Gasteiger partial charge in [-0.2, -0.15) is 5.26 Å². The summed E-state index contributed by atoms with van der Waals surface area (Å²) in [5, 5.41) is 9.10. The monoisotopic (exact) mass is 252 g/mol. The van der Waals surface area contributed by atoms with Crippen LogP contribution in [0.1, 0.15) is 21.6 Å². The molecule has 1 aromatic heterocycles. The highest BCUT2D eigenvalue weighted by Gasteiger charge is 2.12. The average Bonchev–Trinajstić information content (AvgIpc) is 2.45. The van der Waals surface area contributed by atoms with E-state index in [1.807, 2.05) is 19.1 Å². The highest BCUT2D eigenvalue weighted by Crippen LogP contribution is 2.22. The van der Waals surface area contributed by atoms with Gasteiger partial charge in [0.15, 0.2) is 0 Å². The predicted molar refractivity (Wildman–Crippen MR) is 70.5 cm³/mol. The van der Waals surface area contributed by atoms with Gasteiger partial charge in [0.25, 0.3) is 0 Å². The molecule has 0 aliphatic carbocycles. The van der Waals surface area contributed by atoms with E-state index < -0.39 is 5.97 Å². The van der Waals surface area contributed by atoms with Crippen LogP contribution in [-0.2, 0) is 4.74 Å². The van der Waals surface area contributed by atoms with Crippen LogP contribution in [0.25, 0.3) is 11.3 Å². The molecule has 0 spiro atoms. The summed E-state index contributed by atoms with van der Waals surface area (Å²) < 4.78 is 4.67. The Kier molecular flexibility index (Phi) is 3.58. The third-order valence-electron chi connectivity index (χ3n) is 2.69. The number of hydrogen-bond acceptors (Lipinski definition) is 4. The van der Waals surface area contributed by atoms with Crippen LogP contribution in [0, 0.1) is 18.3 Å². The number of nitriles is 1. The van der Waals surface area contributed by atoms with Crippen molar-refractivity contribution in [3.05, 3.63) is 53.2 Å². The summed E-state index contributed by atoms with van der Waals surface area (Å²) in [4.78, 5) is 15.8. The van der Waals surface area contributed by atoms with Crippen molar-refractivity contribution in [1.29, 1.82) is 5.26 Å². The van der Waals surface area contributed by atoms with Gasteiger partial charge in [-0.15, -0.1) is 0 Å². The third-order valence-corrected chi connectivity index (χ3v) is 2.69. The Labute approximate surface area is 111 Å². The van der Waals surface area contributed by atoms with E-state index in [1.165, 1.54) is 7.11 Å². The standard InChI is InChI=1S/C15H12N2O2/c1-10-7-13(17-14(8-10)15(18)19-2)12-6-4-3-5-11(12)9-16/h3-8H,1-2H3. The van der Waals surface area contributed by atoms with Crippen molar-refractivity contribution in [2.75, 3.05) is 7.11 Å². The lowest BCUT2D eigenvalue weighted by Crippen LogP contribution is -2.05. The predicted octanol–water partition coefficient (Wildman–Crippen LogP) is 2.72. The molecule has 2 aromatic rings. The van der Waals surface area contributed by atoms with E-state index in [0.717, 1.165) is 5.56 Å². The highest BCUT2D eigenvalue weighted by atomic mass is 16.5. The van der Waals surface area contributed by atoms with Crippen LogP contribution >= 0.6 is 0 Å². The second-order valence-electron chi connectivity index (χ2n) is 4.06. The van der Waals surface area contributed by atoms with Crippen molar-refractivity contribution >= 4 is 5.97 Å². The summed E-state index contributed by atoms with van der Waals surface area (Å²) in [5.74, 6) is -0.487. The summed E-state index contributed by atoms with van der Waals surface area (Å²) in [6.07, 6.45) is 0. The Morgan fingerprint density at radius 2 is 2.05 bits per heavy atom. The molecule has 0 aliphatic rings. The number of carbonyl (C=O) groups is 1. The van der Waals surface area contributed by atoms with Gasteiger partial charge >= 0.3 is 5.97 Å². The molecule has 0 radical (unpaired) electrons. The molecule has 4 nitrogen and oxygen atoms in total. The van der Waals surface area contributed by atoms with Gasteiger partial charge in [-0.05, 0) is 30.7 Å². The van der Waals surface area contributed by atoms with Crippen molar-refractivity contribution in [3.8, 4) is 17.3 Å². The van der Waals surface area contributed by atoms with Crippen molar-refractivity contribution in [2.45, 2.75) is 6.92 Å². The van der Waals surface area contributed by atoms with Crippen LogP contribution in [-0.4, -0.2) is 18.1 Å². The number of carbonyl (C=O) groups excluding carboxylic acids is 1. The molecule has 0 aliphatic heterocycles. The minimum Gasteiger partial charge on any atom is -0.464 e. The molecular weight excluding hydrogens is 240 g/mol. The summed E-state index contributed by atoms with van der Waals surface area (Å²) in [7, 11) is 1.31. The fourth-order valence-electron chi connectivity index (χ4n) is 1.82. The maximum atomic E-state index is 11.6. The Morgan fingerprint density at radius 1 is 1.32 bits per heavy atom. The first kappa shape index (κ1) is 12.8. The summed E-state index contributed by atoms with van der Waals surface area (Å²) in [6.45, 7) is 1.87. The van der Waals surface area contributed by atoms with Gasteiger partial charge in [0.05, 0.1) is 24.4 Å². The van der Waals surface area contributed by atoms with Crippen LogP contribution in [0.4, 0.5) is 0 Å². The topological polar surface area (TPSA) is 63.0 Å². The number of esters is 1. The molecule has 0 amide bonds. The number of aromatic nitrogens is 1. The van der Waals surface area contributed by atoms with E-state index in [2.05, 4.69) is 15.8 Å². The minimum absolute atomic E-state index is 0.241. The van der Waals surface area contributed by atoms with E-state index in [9.17, 15) is 4.79 Å². The van der Waals surface area contributed by atoms with E-state index in [-0.39, 0.29) is 5.69 Å². The zero-order valence-electron chi connectivity index (χ0n) is 10.7. The van der Waals surface area contributed by atoms with Crippen molar-refractivity contribution in [3.63, 3.8) is 0 Å². The minimum atomic E-state index is -0.487. The summed E-state index contributed by atoms with van der Waals surface area (Å²) in [6, 6.07) is 12.8. The van der Waals surface area contributed by atoms with E-state index in [0.29, 0.717) is 16.8 Å². The molecule has 4 heteroatoms. The van der Waals surface area contributed by atoms with Crippen LogP contribution in [0.5, 0.6) is 0 Å². The normalized spacial score (nSPS) is 9.74. The lowest BCUT2D eigenvalue weighted by molar-refractivity contribution is 0.0594. The van der Waals surface area contributed by atoms with Crippen LogP contribution < -0.4 is 0 Å². The fraction of sp³-hybridized carbons (Fsp3) is 0.133. The Morgan fingerprint density at radius 3 is 2.74 bits per heavy atom. The SMILES string of the molecule is COC(=O)c1cc(C)cc(-c2ccccc2C#N)n1. The first-order valence-electron chi connectivity index (χ1n) is 5.72. The van der Waals surface area contributed by atoms with Crippen molar-refractivity contribution in [2.24, 2.45) is 0 Å². The quantitative estimate of drug-likeness (QED) is 0.771. The van der Waals surface area contributed by atoms with Gasteiger partial charge in [-0.3, -0.25) is 0 Å². The highest BCUT2D eigenvalue weighted by molar-refractivity contribution is 5.88. The molecule has 0 atom stereocenters. The fourth-order valence-corrected chi connectivity index (χ4v) is 1.82. The molecule has 1 aromatic carbocycles. The molecule has 0 fully saturated rings. The van der Waals surface area contributed by atoms with E-state index >= 15 is 0 Å². The smallest absolute Gasteiger partial charge is 0.356 e. The maximum Gasteiger partial charge on any atom is 0.356 e. The summed E-state index contributed by atoms with van der Waals surface area (Å²) >= 11 is 0. The number of pyridine rings is 1. The van der Waals surface area contributed by atoms with Gasteiger partial charge < -0.3 is 4.74 Å². The molecule has 0 N–H and O–H groups in total. The Bertz CT molecular complexity index is 672. The average molecular weight is 252 g/mol. The molecule has 1 heterocycles. The van der Waals surface area contributed by atoms with Crippen LogP contribution in [0.2, 0.25) is 0 Å². The number of nitrogens with zero attached hydrogens (tertiary/aromatic N) is 2. The second-order valence-corrected chi connectivity index (χ2v) is 4.06. The molecule has 19 heavy (non-hydrogen) atoms. The zero-order valence-corrected chi connectivity index (χ0v) is 10.7. The molecule has 94 valence electrons. The lowest BCUT2D eigenvalue weighted by Gasteiger charge is -2.07. The van der Waals surface area contributed by atoms with Gasteiger partial charge in [0.1, 0.15) is 5.69 Å². The Hall–Kier alpha value is -2.67. The maximum absolute atomic E-state index is 11.6. The largest absolute Gasteiger partial charge is 0.464 e. The number of ether oxygens (including phenoxy) is 1. The number of methoxy groups -OCH3 is 1. The Balaban J connectivity index is 2.60. The van der Waals surface area contributed by atoms with Gasteiger partial charge in [-0.1, -0.05) is 18.2 Å².